The van der Waals surface area contributed by atoms with Crippen LogP contribution in [0.15, 0.2) is 0 Å². The summed E-state index contributed by atoms with van der Waals surface area (Å²) in [4.78, 5) is 0. The maximum absolute atomic E-state index is 7.09. The molecule has 0 aromatic rings. The van der Waals surface area contributed by atoms with E-state index >= 15 is 0 Å². The van der Waals surface area contributed by atoms with Crippen LogP contribution in [0.5, 0.6) is 0 Å². The highest BCUT2D eigenvalue weighted by atomic mass is 35.5. The molecule has 1 aliphatic carbocycles. The van der Waals surface area contributed by atoms with Gasteiger partial charge in [-0.15, -0.1) is 11.6 Å². The van der Waals surface area contributed by atoms with Gasteiger partial charge in [-0.2, -0.15) is 0 Å². The van der Waals surface area contributed by atoms with Gasteiger partial charge in [-0.25, -0.2) is 0 Å². The Morgan fingerprint density at radius 1 is 1.50 bits per heavy atom. The van der Waals surface area contributed by atoms with E-state index in [2.05, 4.69) is 0 Å². The Kier molecular flexibility index (Phi) is 3.20. The Balaban J connectivity index is 2.31. The number of halogens is 1. The van der Waals surface area contributed by atoms with Gasteiger partial charge < -0.3 is 5.41 Å². The van der Waals surface area contributed by atoms with Crippen LogP contribution in [0.4, 0.5) is 0 Å². The van der Waals surface area contributed by atoms with Gasteiger partial charge in [0.25, 0.3) is 0 Å². The Bertz CT molecular complexity index is 114. The molecule has 0 spiro atoms. The van der Waals surface area contributed by atoms with E-state index in [0.29, 0.717) is 11.8 Å². The van der Waals surface area contributed by atoms with Crippen LogP contribution in [-0.4, -0.2) is 12.1 Å². The summed E-state index contributed by atoms with van der Waals surface area (Å²) in [6, 6.07) is 0. The van der Waals surface area contributed by atoms with E-state index in [4.69, 9.17) is 17.0 Å². The molecule has 1 N–H and O–H groups in total. The highest BCUT2D eigenvalue weighted by Gasteiger charge is 2.18. The molecule has 1 aliphatic rings. The third-order valence-corrected chi connectivity index (χ3v) is 2.71. The van der Waals surface area contributed by atoms with Crippen molar-refractivity contribution in [1.29, 1.82) is 5.41 Å². The first-order valence-corrected chi connectivity index (χ1v) is 4.47. The molecule has 10 heavy (non-hydrogen) atoms. The zero-order valence-corrected chi connectivity index (χ0v) is 6.90. The molecule has 0 amide bonds. The predicted octanol–water partition coefficient (Wildman–Crippen LogP) is 2.68. The fraction of sp³-hybridized carbons (Fsp3) is 0.875. The van der Waals surface area contributed by atoms with Crippen molar-refractivity contribution >= 4 is 17.8 Å². The number of hydrogen-bond donors (Lipinski definition) is 1. The van der Waals surface area contributed by atoms with Crippen molar-refractivity contribution in [3.8, 4) is 0 Å². The van der Waals surface area contributed by atoms with Crippen molar-refractivity contribution in [1.82, 2.24) is 0 Å². The lowest BCUT2D eigenvalue weighted by Crippen LogP contribution is -2.17. The minimum Gasteiger partial charge on any atom is -0.313 e. The van der Waals surface area contributed by atoms with Crippen LogP contribution in [0.3, 0.4) is 0 Å². The lowest BCUT2D eigenvalue weighted by molar-refractivity contribution is 0.346. The fourth-order valence-electron chi connectivity index (χ4n) is 1.62. The van der Waals surface area contributed by atoms with E-state index in [-0.39, 0.29) is 0 Å². The first-order valence-electron chi connectivity index (χ1n) is 3.93. The standard InChI is InChI=1S/C8H14ClN/c9-5-7-2-1-3-8(4-7)6-10/h6-8,10H,1-5H2. The summed E-state index contributed by atoms with van der Waals surface area (Å²) in [6.45, 7) is 0. The minimum absolute atomic E-state index is 0.525. The van der Waals surface area contributed by atoms with Gasteiger partial charge in [0.1, 0.15) is 0 Å². The van der Waals surface area contributed by atoms with Crippen molar-refractivity contribution in [2.75, 3.05) is 5.88 Å². The summed E-state index contributed by atoms with van der Waals surface area (Å²) in [7, 11) is 0. The van der Waals surface area contributed by atoms with Gasteiger partial charge in [-0.1, -0.05) is 6.42 Å². The lowest BCUT2D eigenvalue weighted by Gasteiger charge is -2.24. The molecule has 1 nitrogen and oxygen atoms in total. The Morgan fingerprint density at radius 2 is 2.30 bits per heavy atom. The minimum atomic E-state index is 0.525. The van der Waals surface area contributed by atoms with Crippen LogP contribution in [0, 0.1) is 17.2 Å². The van der Waals surface area contributed by atoms with Crippen molar-refractivity contribution in [3.63, 3.8) is 0 Å². The molecule has 0 aliphatic heterocycles. The molecule has 58 valence electrons. The summed E-state index contributed by atoms with van der Waals surface area (Å²) in [5, 5.41) is 7.09. The van der Waals surface area contributed by atoms with Crippen molar-refractivity contribution < 1.29 is 0 Å². The number of rotatable bonds is 2. The normalized spacial score (nSPS) is 33.7. The van der Waals surface area contributed by atoms with Gasteiger partial charge in [-0.05, 0) is 37.3 Å². The molecular formula is C8H14ClN. The van der Waals surface area contributed by atoms with Crippen molar-refractivity contribution in [3.05, 3.63) is 0 Å². The van der Waals surface area contributed by atoms with Crippen LogP contribution in [-0.2, 0) is 0 Å². The predicted molar refractivity (Wildman–Crippen MR) is 45.0 cm³/mol. The topological polar surface area (TPSA) is 23.9 Å². The zero-order chi connectivity index (χ0) is 7.40. The maximum atomic E-state index is 7.09. The summed E-state index contributed by atoms with van der Waals surface area (Å²) >= 11 is 5.73. The van der Waals surface area contributed by atoms with Gasteiger partial charge in [0.05, 0.1) is 0 Å². The zero-order valence-electron chi connectivity index (χ0n) is 6.15. The monoisotopic (exact) mass is 159 g/mol. The van der Waals surface area contributed by atoms with Gasteiger partial charge in [0.2, 0.25) is 0 Å². The number of hydrogen-bond acceptors (Lipinski definition) is 1. The molecule has 2 unspecified atom stereocenters. The number of alkyl halides is 1. The van der Waals surface area contributed by atoms with Crippen LogP contribution < -0.4 is 0 Å². The van der Waals surface area contributed by atoms with Crippen molar-refractivity contribution in [2.45, 2.75) is 25.7 Å². The second-order valence-corrected chi connectivity index (χ2v) is 3.42. The molecule has 1 fully saturated rings. The quantitative estimate of drug-likeness (QED) is 0.473. The van der Waals surface area contributed by atoms with E-state index in [1.54, 1.807) is 6.21 Å². The van der Waals surface area contributed by atoms with Gasteiger partial charge in [0, 0.05) is 5.88 Å². The summed E-state index contributed by atoms with van der Waals surface area (Å²) in [6.07, 6.45) is 6.47. The van der Waals surface area contributed by atoms with E-state index in [0.717, 1.165) is 12.3 Å². The molecule has 1 saturated carbocycles. The van der Waals surface area contributed by atoms with E-state index in [1.807, 2.05) is 0 Å². The Morgan fingerprint density at radius 3 is 2.90 bits per heavy atom. The molecule has 0 aromatic heterocycles. The molecule has 0 bridgehead atoms. The Labute approximate surface area is 67.3 Å². The molecular weight excluding hydrogens is 146 g/mol. The Hall–Kier alpha value is -0.0400. The second kappa shape index (κ2) is 3.97. The molecule has 2 heteroatoms. The average Bonchev–Trinajstić information content (AvgIpc) is 2.05. The summed E-state index contributed by atoms with van der Waals surface area (Å²) in [5.41, 5.74) is 0. The highest BCUT2D eigenvalue weighted by molar-refractivity contribution is 6.18. The first-order chi connectivity index (χ1) is 4.86. The average molecular weight is 160 g/mol. The van der Waals surface area contributed by atoms with Crippen LogP contribution in [0.1, 0.15) is 25.7 Å². The van der Waals surface area contributed by atoms with E-state index < -0.39 is 0 Å². The third-order valence-electron chi connectivity index (χ3n) is 2.28. The van der Waals surface area contributed by atoms with Gasteiger partial charge >= 0.3 is 0 Å². The van der Waals surface area contributed by atoms with E-state index in [1.165, 1.54) is 19.3 Å². The molecule has 0 heterocycles. The van der Waals surface area contributed by atoms with Crippen LogP contribution in [0.25, 0.3) is 0 Å². The molecule has 0 radical (unpaired) electrons. The number of nitrogens with one attached hydrogen (secondary N) is 1. The SMILES string of the molecule is N=CC1CCCC(CCl)C1. The lowest BCUT2D eigenvalue weighted by atomic mass is 9.83. The smallest absolute Gasteiger partial charge is 0.0251 e. The first kappa shape index (κ1) is 8.06. The molecule has 0 saturated heterocycles. The fourth-order valence-corrected chi connectivity index (χ4v) is 1.90. The maximum Gasteiger partial charge on any atom is 0.0251 e. The second-order valence-electron chi connectivity index (χ2n) is 3.11. The molecule has 1 rings (SSSR count). The molecule has 2 atom stereocenters. The van der Waals surface area contributed by atoms with Gasteiger partial charge in [-0.3, -0.25) is 0 Å². The third kappa shape index (κ3) is 1.98. The summed E-state index contributed by atoms with van der Waals surface area (Å²) < 4.78 is 0. The van der Waals surface area contributed by atoms with Crippen molar-refractivity contribution in [2.24, 2.45) is 11.8 Å². The van der Waals surface area contributed by atoms with E-state index in [9.17, 15) is 0 Å². The largest absolute Gasteiger partial charge is 0.313 e. The van der Waals surface area contributed by atoms with Crippen LogP contribution in [0.2, 0.25) is 0 Å². The van der Waals surface area contributed by atoms with Gasteiger partial charge in [0.15, 0.2) is 0 Å². The molecule has 0 aromatic carbocycles. The highest BCUT2D eigenvalue weighted by Crippen LogP contribution is 2.28. The summed E-state index contributed by atoms with van der Waals surface area (Å²) in [5.74, 6) is 1.99. The van der Waals surface area contributed by atoms with Crippen LogP contribution >= 0.6 is 11.6 Å².